The summed E-state index contributed by atoms with van der Waals surface area (Å²) >= 11 is 0. The van der Waals surface area contributed by atoms with Gasteiger partial charge in [0.25, 0.3) is 0 Å². The Bertz CT molecular complexity index is 1410. The summed E-state index contributed by atoms with van der Waals surface area (Å²) in [4.78, 5) is 36.4. The van der Waals surface area contributed by atoms with Gasteiger partial charge in [0.1, 0.15) is 23.0 Å². The summed E-state index contributed by atoms with van der Waals surface area (Å²) in [5, 5.41) is 19.0. The van der Waals surface area contributed by atoms with E-state index in [9.17, 15) is 29.3 Å². The van der Waals surface area contributed by atoms with E-state index in [1.807, 2.05) is 13.8 Å². The normalized spacial score (nSPS) is 13.9. The number of phenolic OH excluding ortho intramolecular Hbond substituents is 2. The number of Topliss-reactive ketones (excluding diaryl/α,β-unsaturated/α-hetero) is 2. The van der Waals surface area contributed by atoms with Gasteiger partial charge in [-0.25, -0.2) is 4.57 Å². The van der Waals surface area contributed by atoms with Gasteiger partial charge in [0, 0.05) is 23.0 Å². The number of rotatable bonds is 12. The van der Waals surface area contributed by atoms with Gasteiger partial charge in [0.15, 0.2) is 11.6 Å². The van der Waals surface area contributed by atoms with Crippen LogP contribution in [0, 0.1) is 0 Å². The molecule has 2 unspecified atom stereocenters. The van der Waals surface area contributed by atoms with Crippen molar-refractivity contribution in [1.29, 1.82) is 0 Å². The van der Waals surface area contributed by atoms with Crippen molar-refractivity contribution >= 4 is 19.4 Å². The topological polar surface area (TPSA) is 130 Å². The molecule has 212 valence electrons. The standard InChI is InChI=1S/C32H31O8P/c1-3-29(21-5-13-25(33)14-6-21)31(35)23-9-17-27(18-10-23)39-41(37,38)40-28-19-11-24(12-20-28)32(36)30(4-2)22-7-15-26(34)16-8-22/h5-20,29-30,33-34H,3-4H2,1-2H3,(H,37,38). The van der Waals surface area contributed by atoms with E-state index in [1.54, 1.807) is 24.3 Å². The third-order valence-corrected chi connectivity index (χ3v) is 7.64. The quantitative estimate of drug-likeness (QED) is 0.118. The number of ketones is 2. The van der Waals surface area contributed by atoms with E-state index in [0.717, 1.165) is 11.1 Å². The number of hydrogen-bond acceptors (Lipinski definition) is 7. The highest BCUT2D eigenvalue weighted by atomic mass is 31.2. The number of aromatic hydroxyl groups is 2. The van der Waals surface area contributed by atoms with Gasteiger partial charge in [-0.1, -0.05) is 38.1 Å². The molecule has 9 heteroatoms. The van der Waals surface area contributed by atoms with Gasteiger partial charge in [-0.05, 0) is 96.8 Å². The highest BCUT2D eigenvalue weighted by molar-refractivity contribution is 7.48. The van der Waals surface area contributed by atoms with E-state index in [-0.39, 0.29) is 34.6 Å². The molecule has 0 radical (unpaired) electrons. The lowest BCUT2D eigenvalue weighted by atomic mass is 9.88. The molecular formula is C32H31O8P. The van der Waals surface area contributed by atoms with Crippen LogP contribution in [0.2, 0.25) is 0 Å². The van der Waals surface area contributed by atoms with Gasteiger partial charge in [-0.15, -0.1) is 0 Å². The van der Waals surface area contributed by atoms with Crippen molar-refractivity contribution in [2.45, 2.75) is 38.5 Å². The maximum atomic E-state index is 13.1. The van der Waals surface area contributed by atoms with Crippen molar-refractivity contribution < 1.29 is 38.3 Å². The second-order valence-electron chi connectivity index (χ2n) is 9.53. The Morgan fingerprint density at radius 3 is 1.22 bits per heavy atom. The van der Waals surface area contributed by atoms with Gasteiger partial charge in [0.05, 0.1) is 0 Å². The number of phosphoric acid groups is 1. The average Bonchev–Trinajstić information content (AvgIpc) is 2.96. The van der Waals surface area contributed by atoms with E-state index in [4.69, 9.17) is 9.05 Å². The number of phenols is 2. The monoisotopic (exact) mass is 574 g/mol. The van der Waals surface area contributed by atoms with Crippen molar-refractivity contribution in [3.05, 3.63) is 119 Å². The molecule has 0 heterocycles. The fourth-order valence-electron chi connectivity index (χ4n) is 4.61. The van der Waals surface area contributed by atoms with Gasteiger partial charge in [0.2, 0.25) is 0 Å². The van der Waals surface area contributed by atoms with Crippen LogP contribution in [0.15, 0.2) is 97.1 Å². The first-order valence-corrected chi connectivity index (χ1v) is 14.7. The van der Waals surface area contributed by atoms with Crippen molar-refractivity contribution in [2.75, 3.05) is 0 Å². The molecule has 3 N–H and O–H groups in total. The molecule has 4 aromatic carbocycles. The summed E-state index contributed by atoms with van der Waals surface area (Å²) in [7, 11) is -4.59. The molecule has 0 aromatic heterocycles. The zero-order chi connectivity index (χ0) is 29.6. The molecule has 0 bridgehead atoms. The molecule has 0 saturated carbocycles. The molecular weight excluding hydrogens is 543 g/mol. The summed E-state index contributed by atoms with van der Waals surface area (Å²) in [6, 6.07) is 24.7. The summed E-state index contributed by atoms with van der Waals surface area (Å²) in [5.41, 5.74) is 2.37. The maximum absolute atomic E-state index is 13.1. The Morgan fingerprint density at radius 2 is 0.927 bits per heavy atom. The van der Waals surface area contributed by atoms with Gasteiger partial charge >= 0.3 is 7.82 Å². The van der Waals surface area contributed by atoms with E-state index in [2.05, 4.69) is 0 Å². The minimum atomic E-state index is -4.59. The molecule has 8 nitrogen and oxygen atoms in total. The lowest BCUT2D eigenvalue weighted by Crippen LogP contribution is -2.12. The Morgan fingerprint density at radius 1 is 0.610 bits per heavy atom. The third kappa shape index (κ3) is 7.42. The van der Waals surface area contributed by atoms with E-state index in [1.165, 1.54) is 72.8 Å². The molecule has 2 atom stereocenters. The summed E-state index contributed by atoms with van der Waals surface area (Å²) in [5.74, 6) is -0.747. The Kier molecular flexibility index (Phi) is 9.28. The first kappa shape index (κ1) is 29.6. The van der Waals surface area contributed by atoms with Crippen LogP contribution in [-0.4, -0.2) is 26.7 Å². The molecule has 41 heavy (non-hydrogen) atoms. The van der Waals surface area contributed by atoms with Crippen LogP contribution in [0.4, 0.5) is 0 Å². The van der Waals surface area contributed by atoms with Crippen molar-refractivity contribution in [3.63, 3.8) is 0 Å². The van der Waals surface area contributed by atoms with E-state index < -0.39 is 19.7 Å². The summed E-state index contributed by atoms with van der Waals surface area (Å²) in [6.07, 6.45) is 1.11. The Balaban J connectivity index is 1.39. The molecule has 0 saturated heterocycles. The number of benzene rings is 4. The number of carbonyl (C=O) groups excluding carboxylic acids is 2. The van der Waals surface area contributed by atoms with Crippen molar-refractivity contribution in [2.24, 2.45) is 0 Å². The molecule has 4 aromatic rings. The van der Waals surface area contributed by atoms with Crippen LogP contribution in [0.3, 0.4) is 0 Å². The lowest BCUT2D eigenvalue weighted by molar-refractivity contribution is 0.0949. The second-order valence-corrected chi connectivity index (χ2v) is 10.8. The van der Waals surface area contributed by atoms with Crippen LogP contribution in [-0.2, 0) is 4.57 Å². The van der Waals surface area contributed by atoms with Gasteiger partial charge in [-0.3, -0.25) is 14.5 Å². The zero-order valence-electron chi connectivity index (χ0n) is 22.6. The summed E-state index contributed by atoms with van der Waals surface area (Å²) in [6.45, 7) is 3.79. The molecule has 0 amide bonds. The highest BCUT2D eigenvalue weighted by Gasteiger charge is 2.27. The Labute approximate surface area is 238 Å². The molecule has 0 aliphatic carbocycles. The number of phosphoric ester groups is 1. The minimum Gasteiger partial charge on any atom is -0.508 e. The van der Waals surface area contributed by atoms with Crippen LogP contribution in [0.1, 0.15) is 70.4 Å². The van der Waals surface area contributed by atoms with Crippen LogP contribution in [0.25, 0.3) is 0 Å². The van der Waals surface area contributed by atoms with Crippen LogP contribution >= 0.6 is 7.82 Å². The van der Waals surface area contributed by atoms with Crippen LogP contribution in [0.5, 0.6) is 23.0 Å². The third-order valence-electron chi connectivity index (χ3n) is 6.76. The highest BCUT2D eigenvalue weighted by Crippen LogP contribution is 2.44. The predicted molar refractivity (Wildman–Crippen MR) is 155 cm³/mol. The molecule has 0 fully saturated rings. The van der Waals surface area contributed by atoms with Crippen molar-refractivity contribution in [3.8, 4) is 23.0 Å². The molecule has 0 aliphatic rings. The fourth-order valence-corrected chi connectivity index (χ4v) is 5.42. The van der Waals surface area contributed by atoms with E-state index in [0.29, 0.717) is 24.0 Å². The smallest absolute Gasteiger partial charge is 0.508 e. The molecule has 4 rings (SSSR count). The first-order chi connectivity index (χ1) is 19.6. The van der Waals surface area contributed by atoms with E-state index >= 15 is 0 Å². The zero-order valence-corrected chi connectivity index (χ0v) is 23.5. The average molecular weight is 575 g/mol. The minimum absolute atomic E-state index is 0.0385. The molecule has 0 aliphatic heterocycles. The largest absolute Gasteiger partial charge is 0.584 e. The first-order valence-electron chi connectivity index (χ1n) is 13.2. The van der Waals surface area contributed by atoms with Crippen molar-refractivity contribution in [1.82, 2.24) is 0 Å². The lowest BCUT2D eigenvalue weighted by Gasteiger charge is -2.17. The number of carbonyl (C=O) groups is 2. The number of hydrogen-bond donors (Lipinski definition) is 3. The second kappa shape index (κ2) is 12.9. The molecule has 0 spiro atoms. The summed E-state index contributed by atoms with van der Waals surface area (Å²) < 4.78 is 23.0. The fraction of sp³-hybridized carbons (Fsp3) is 0.188. The maximum Gasteiger partial charge on any atom is 0.584 e. The van der Waals surface area contributed by atoms with Crippen LogP contribution < -0.4 is 9.05 Å². The SMILES string of the molecule is CCC(C(=O)c1ccc(OP(=O)(O)Oc2ccc(C(=O)C(CC)c3ccc(O)cc3)cc2)cc1)c1ccc(O)cc1. The van der Waals surface area contributed by atoms with Gasteiger partial charge < -0.3 is 19.3 Å². The Hall–Kier alpha value is -4.39. The predicted octanol–water partition coefficient (Wildman–Crippen LogP) is 7.41. The van der Waals surface area contributed by atoms with Gasteiger partial charge in [-0.2, -0.15) is 0 Å².